The highest BCUT2D eigenvalue weighted by molar-refractivity contribution is 8.14. The maximum atomic E-state index is 10.9. The summed E-state index contributed by atoms with van der Waals surface area (Å²) in [6, 6.07) is 4.94. The van der Waals surface area contributed by atoms with Crippen LogP contribution in [0.1, 0.15) is 24.8 Å². The van der Waals surface area contributed by atoms with E-state index >= 15 is 0 Å². The van der Waals surface area contributed by atoms with Gasteiger partial charge >= 0.3 is 0 Å². The highest BCUT2D eigenvalue weighted by Crippen LogP contribution is 2.30. The van der Waals surface area contributed by atoms with Crippen LogP contribution < -0.4 is 0 Å². The van der Waals surface area contributed by atoms with Crippen LogP contribution in [0.2, 0.25) is 5.02 Å². The molecule has 0 radical (unpaired) electrons. The quantitative estimate of drug-likeness (QED) is 0.610. The summed E-state index contributed by atoms with van der Waals surface area (Å²) >= 11 is 7.56. The molecule has 1 atom stereocenters. The summed E-state index contributed by atoms with van der Waals surface area (Å²) in [5.41, 5.74) is 0.827. The largest absolute Gasteiger partial charge is 0.288 e. The highest BCUT2D eigenvalue weighted by Gasteiger charge is 2.18. The molecular formula is C14H15ClN2O2S. The van der Waals surface area contributed by atoms with Gasteiger partial charge in [0.1, 0.15) is 5.02 Å². The number of hydrogen-bond donors (Lipinski definition) is 0. The Morgan fingerprint density at radius 1 is 1.55 bits per heavy atom. The van der Waals surface area contributed by atoms with E-state index in [0.717, 1.165) is 22.8 Å². The van der Waals surface area contributed by atoms with Crippen molar-refractivity contribution in [3.63, 3.8) is 0 Å². The first-order valence-corrected chi connectivity index (χ1v) is 7.77. The molecule has 1 heterocycles. The van der Waals surface area contributed by atoms with E-state index in [2.05, 4.69) is 18.0 Å². The summed E-state index contributed by atoms with van der Waals surface area (Å²) in [4.78, 5) is 15.0. The lowest BCUT2D eigenvalue weighted by Gasteiger charge is -2.15. The lowest BCUT2D eigenvalue weighted by atomic mass is 9.97. The van der Waals surface area contributed by atoms with Crippen LogP contribution in [-0.2, 0) is 0 Å². The standard InChI is InChI=1S/C14H15ClN2O2S/c1-2-7-20-14-6-4-11(9-16-14)10-3-5-12(15)13(8-10)17(18)19/h3-6,8,11H,2,7,9H2,1H3. The summed E-state index contributed by atoms with van der Waals surface area (Å²) in [7, 11) is 0. The average Bonchev–Trinajstić information content (AvgIpc) is 2.46. The molecule has 106 valence electrons. The molecule has 0 bridgehead atoms. The Morgan fingerprint density at radius 3 is 2.95 bits per heavy atom. The van der Waals surface area contributed by atoms with E-state index in [1.54, 1.807) is 17.8 Å². The van der Waals surface area contributed by atoms with Crippen LogP contribution >= 0.6 is 23.4 Å². The minimum atomic E-state index is -0.454. The Morgan fingerprint density at radius 2 is 2.35 bits per heavy atom. The molecule has 0 saturated carbocycles. The van der Waals surface area contributed by atoms with Crippen LogP contribution in [0, 0.1) is 10.1 Å². The van der Waals surface area contributed by atoms with Crippen molar-refractivity contribution in [2.75, 3.05) is 12.3 Å². The number of benzene rings is 1. The van der Waals surface area contributed by atoms with Crippen molar-refractivity contribution in [1.82, 2.24) is 0 Å². The van der Waals surface area contributed by atoms with Crippen molar-refractivity contribution in [3.8, 4) is 0 Å². The summed E-state index contributed by atoms with van der Waals surface area (Å²) < 4.78 is 0. The second-order valence-electron chi connectivity index (χ2n) is 4.46. The second kappa shape index (κ2) is 6.90. The summed E-state index contributed by atoms with van der Waals surface area (Å²) in [5, 5.41) is 12.1. The topological polar surface area (TPSA) is 55.5 Å². The highest BCUT2D eigenvalue weighted by atomic mass is 35.5. The maximum Gasteiger partial charge on any atom is 0.288 e. The SMILES string of the molecule is CCCSC1=NCC(c2ccc(Cl)c([N+](=O)[O-])c2)C=C1. The zero-order valence-corrected chi connectivity index (χ0v) is 12.7. The minimum Gasteiger partial charge on any atom is -0.277 e. The van der Waals surface area contributed by atoms with E-state index in [1.165, 1.54) is 6.07 Å². The third-order valence-corrected chi connectivity index (χ3v) is 4.46. The number of nitro benzene ring substituents is 1. The smallest absolute Gasteiger partial charge is 0.277 e. The van der Waals surface area contributed by atoms with Gasteiger partial charge in [0.05, 0.1) is 16.5 Å². The third kappa shape index (κ3) is 3.61. The number of aliphatic imine (C=N–C) groups is 1. The van der Waals surface area contributed by atoms with Crippen LogP contribution in [0.4, 0.5) is 5.69 Å². The Hall–Kier alpha value is -1.33. The van der Waals surface area contributed by atoms with Crippen LogP contribution in [0.15, 0.2) is 35.3 Å². The minimum absolute atomic E-state index is 0.0484. The number of rotatable bonds is 4. The molecule has 1 aromatic rings. The van der Waals surface area contributed by atoms with Gasteiger partial charge in [0.25, 0.3) is 5.69 Å². The second-order valence-corrected chi connectivity index (χ2v) is 5.98. The lowest BCUT2D eigenvalue weighted by Crippen LogP contribution is -2.07. The molecule has 20 heavy (non-hydrogen) atoms. The lowest BCUT2D eigenvalue weighted by molar-refractivity contribution is -0.384. The molecule has 0 aliphatic carbocycles. The van der Waals surface area contributed by atoms with Crippen LogP contribution in [-0.4, -0.2) is 22.3 Å². The Labute approximate surface area is 127 Å². The number of hydrogen-bond acceptors (Lipinski definition) is 4. The molecule has 0 aromatic heterocycles. The van der Waals surface area contributed by atoms with E-state index < -0.39 is 4.92 Å². The van der Waals surface area contributed by atoms with Gasteiger partial charge in [-0.15, -0.1) is 11.8 Å². The molecule has 0 N–H and O–H groups in total. The molecule has 0 amide bonds. The summed E-state index contributed by atoms with van der Waals surface area (Å²) in [5.74, 6) is 1.14. The van der Waals surface area contributed by atoms with Crippen molar-refractivity contribution < 1.29 is 4.92 Å². The van der Waals surface area contributed by atoms with Crippen molar-refractivity contribution in [2.24, 2.45) is 4.99 Å². The first-order valence-electron chi connectivity index (χ1n) is 6.41. The molecular weight excluding hydrogens is 296 g/mol. The fraction of sp³-hybridized carbons (Fsp3) is 0.357. The monoisotopic (exact) mass is 310 g/mol. The number of halogens is 1. The number of thioether (sulfide) groups is 1. The van der Waals surface area contributed by atoms with E-state index in [4.69, 9.17) is 11.6 Å². The fourth-order valence-electron chi connectivity index (χ4n) is 1.92. The predicted molar refractivity (Wildman–Crippen MR) is 85.0 cm³/mol. The molecule has 1 unspecified atom stereocenters. The van der Waals surface area contributed by atoms with E-state index in [1.807, 2.05) is 12.1 Å². The Kier molecular flexibility index (Phi) is 5.20. The van der Waals surface area contributed by atoms with Crippen molar-refractivity contribution in [2.45, 2.75) is 19.3 Å². The van der Waals surface area contributed by atoms with Gasteiger partial charge in [0.2, 0.25) is 0 Å². The van der Waals surface area contributed by atoms with Crippen LogP contribution in [0.3, 0.4) is 0 Å². The normalized spacial score (nSPS) is 17.9. The number of dihydropyridines is 1. The molecule has 1 aliphatic heterocycles. The van der Waals surface area contributed by atoms with Crippen molar-refractivity contribution >= 4 is 34.1 Å². The van der Waals surface area contributed by atoms with Gasteiger partial charge in [-0.1, -0.05) is 30.7 Å². The molecule has 0 spiro atoms. The van der Waals surface area contributed by atoms with Gasteiger partial charge < -0.3 is 0 Å². The molecule has 2 rings (SSSR count). The number of nitro groups is 1. The van der Waals surface area contributed by atoms with Gasteiger partial charge in [-0.2, -0.15) is 0 Å². The average molecular weight is 311 g/mol. The van der Waals surface area contributed by atoms with E-state index in [-0.39, 0.29) is 16.6 Å². The molecule has 4 nitrogen and oxygen atoms in total. The molecule has 6 heteroatoms. The zero-order valence-electron chi connectivity index (χ0n) is 11.1. The molecule has 0 saturated heterocycles. The first-order chi connectivity index (χ1) is 9.61. The Balaban J connectivity index is 2.12. The summed E-state index contributed by atoms with van der Waals surface area (Å²) in [6.45, 7) is 2.76. The van der Waals surface area contributed by atoms with Crippen molar-refractivity contribution in [3.05, 3.63) is 51.1 Å². The van der Waals surface area contributed by atoms with Crippen molar-refractivity contribution in [1.29, 1.82) is 0 Å². The molecule has 0 fully saturated rings. The number of nitrogens with zero attached hydrogens (tertiary/aromatic N) is 2. The van der Waals surface area contributed by atoms with Crippen LogP contribution in [0.5, 0.6) is 0 Å². The van der Waals surface area contributed by atoms with Gasteiger partial charge in [0, 0.05) is 12.0 Å². The maximum absolute atomic E-state index is 10.9. The first kappa shape index (κ1) is 15.1. The van der Waals surface area contributed by atoms with E-state index in [9.17, 15) is 10.1 Å². The van der Waals surface area contributed by atoms with Gasteiger partial charge in [0.15, 0.2) is 0 Å². The predicted octanol–water partition coefficient (Wildman–Crippen LogP) is 4.44. The third-order valence-electron chi connectivity index (χ3n) is 2.96. The van der Waals surface area contributed by atoms with E-state index in [0.29, 0.717) is 6.54 Å². The fourth-order valence-corrected chi connectivity index (χ4v) is 2.86. The summed E-state index contributed by atoms with van der Waals surface area (Å²) in [6.07, 6.45) is 5.16. The van der Waals surface area contributed by atoms with Gasteiger partial charge in [-0.05, 0) is 29.9 Å². The molecule has 1 aliphatic rings. The van der Waals surface area contributed by atoms with Gasteiger partial charge in [-0.25, -0.2) is 0 Å². The molecule has 1 aromatic carbocycles. The zero-order chi connectivity index (χ0) is 14.5. The Bertz CT molecular complexity index is 572. The van der Waals surface area contributed by atoms with Gasteiger partial charge in [-0.3, -0.25) is 15.1 Å². The van der Waals surface area contributed by atoms with Crippen LogP contribution in [0.25, 0.3) is 0 Å².